The fourth-order valence-corrected chi connectivity index (χ4v) is 3.62. The Kier molecular flexibility index (Phi) is 6.53. The molecule has 1 heterocycles. The van der Waals surface area contributed by atoms with Crippen molar-refractivity contribution in [2.75, 3.05) is 18.0 Å². The van der Waals surface area contributed by atoms with E-state index >= 15 is 0 Å². The SMILES string of the molecule is CCCCCN1C(=O)C(c2ccc(Cl)cc2)=C(N(CC)c2ccccc2)C1=O. The van der Waals surface area contributed by atoms with Gasteiger partial charge in [-0.25, -0.2) is 0 Å². The molecule has 0 aromatic heterocycles. The number of halogens is 1. The number of benzene rings is 2. The van der Waals surface area contributed by atoms with Gasteiger partial charge in [-0.15, -0.1) is 0 Å². The van der Waals surface area contributed by atoms with E-state index in [0.29, 0.717) is 34.9 Å². The van der Waals surface area contributed by atoms with Gasteiger partial charge in [0, 0.05) is 23.8 Å². The maximum absolute atomic E-state index is 13.3. The van der Waals surface area contributed by atoms with Crippen LogP contribution in [0.4, 0.5) is 5.69 Å². The Hall–Kier alpha value is -2.59. The van der Waals surface area contributed by atoms with Crippen LogP contribution >= 0.6 is 11.6 Å². The van der Waals surface area contributed by atoms with Crippen LogP contribution < -0.4 is 4.90 Å². The standard InChI is InChI=1S/C23H25ClN2O2/c1-3-5-9-16-26-22(27)20(17-12-14-18(24)15-13-17)21(23(26)28)25(4-2)19-10-7-6-8-11-19/h6-8,10-15H,3-5,9,16H2,1-2H3. The molecule has 0 atom stereocenters. The number of hydrogen-bond acceptors (Lipinski definition) is 3. The fourth-order valence-electron chi connectivity index (χ4n) is 3.49. The maximum atomic E-state index is 13.3. The third-order valence-electron chi connectivity index (χ3n) is 4.92. The molecular weight excluding hydrogens is 372 g/mol. The molecule has 1 aliphatic rings. The van der Waals surface area contributed by atoms with Crippen molar-refractivity contribution in [3.05, 3.63) is 70.9 Å². The van der Waals surface area contributed by atoms with Crippen LogP contribution in [0, 0.1) is 0 Å². The van der Waals surface area contributed by atoms with Crippen molar-refractivity contribution in [1.82, 2.24) is 4.90 Å². The lowest BCUT2D eigenvalue weighted by atomic mass is 10.0. The van der Waals surface area contributed by atoms with Gasteiger partial charge in [-0.3, -0.25) is 14.5 Å². The first-order valence-electron chi connectivity index (χ1n) is 9.77. The molecule has 0 saturated heterocycles. The summed E-state index contributed by atoms with van der Waals surface area (Å²) >= 11 is 6.03. The second-order valence-electron chi connectivity index (χ2n) is 6.78. The summed E-state index contributed by atoms with van der Waals surface area (Å²) in [6.07, 6.45) is 2.83. The first kappa shape index (κ1) is 20.2. The van der Waals surface area contributed by atoms with Crippen molar-refractivity contribution < 1.29 is 9.59 Å². The first-order valence-corrected chi connectivity index (χ1v) is 10.1. The van der Waals surface area contributed by atoms with E-state index < -0.39 is 0 Å². The largest absolute Gasteiger partial charge is 0.337 e. The van der Waals surface area contributed by atoms with Gasteiger partial charge in [0.25, 0.3) is 11.8 Å². The summed E-state index contributed by atoms with van der Waals surface area (Å²) in [7, 11) is 0. The van der Waals surface area contributed by atoms with E-state index in [9.17, 15) is 9.59 Å². The Balaban J connectivity index is 2.09. The van der Waals surface area contributed by atoms with Crippen LogP contribution in [0.1, 0.15) is 38.7 Å². The van der Waals surface area contributed by atoms with Crippen molar-refractivity contribution in [1.29, 1.82) is 0 Å². The number of likely N-dealkylation sites (N-methyl/N-ethyl adjacent to an activating group) is 1. The van der Waals surface area contributed by atoms with Crippen LogP contribution in [-0.2, 0) is 9.59 Å². The van der Waals surface area contributed by atoms with Gasteiger partial charge in [0.2, 0.25) is 0 Å². The normalized spacial score (nSPS) is 14.2. The third-order valence-corrected chi connectivity index (χ3v) is 5.17. The number of hydrogen-bond donors (Lipinski definition) is 0. The highest BCUT2D eigenvalue weighted by Gasteiger charge is 2.41. The van der Waals surface area contributed by atoms with Crippen LogP contribution in [0.15, 0.2) is 60.3 Å². The van der Waals surface area contributed by atoms with E-state index in [0.717, 1.165) is 24.9 Å². The number of amides is 2. The molecule has 0 unspecified atom stereocenters. The minimum absolute atomic E-state index is 0.225. The predicted octanol–water partition coefficient (Wildman–Crippen LogP) is 5.14. The molecule has 2 amide bonds. The molecule has 0 N–H and O–H groups in total. The van der Waals surface area contributed by atoms with Crippen LogP contribution in [0.5, 0.6) is 0 Å². The van der Waals surface area contributed by atoms with Crippen molar-refractivity contribution in [2.45, 2.75) is 33.1 Å². The maximum Gasteiger partial charge on any atom is 0.278 e. The molecule has 3 rings (SSSR count). The lowest BCUT2D eigenvalue weighted by Gasteiger charge is -2.25. The Bertz CT molecular complexity index is 875. The zero-order chi connectivity index (χ0) is 20.1. The highest BCUT2D eigenvalue weighted by Crippen LogP contribution is 2.34. The average Bonchev–Trinajstić information content (AvgIpc) is 2.95. The molecule has 28 heavy (non-hydrogen) atoms. The van der Waals surface area contributed by atoms with Crippen molar-refractivity contribution in [3.8, 4) is 0 Å². The quantitative estimate of drug-likeness (QED) is 0.458. The molecular formula is C23H25ClN2O2. The number of nitrogens with zero attached hydrogens (tertiary/aromatic N) is 2. The first-order chi connectivity index (χ1) is 13.6. The number of rotatable bonds is 8. The van der Waals surface area contributed by atoms with Gasteiger partial charge in [-0.2, -0.15) is 0 Å². The zero-order valence-corrected chi connectivity index (χ0v) is 17.1. The van der Waals surface area contributed by atoms with Gasteiger partial charge in [-0.1, -0.05) is 61.7 Å². The number of imide groups is 1. The van der Waals surface area contributed by atoms with Gasteiger partial charge in [0.15, 0.2) is 0 Å². The lowest BCUT2D eigenvalue weighted by molar-refractivity contribution is -0.137. The highest BCUT2D eigenvalue weighted by atomic mass is 35.5. The molecule has 0 spiro atoms. The molecule has 0 radical (unpaired) electrons. The number of carbonyl (C=O) groups excluding carboxylic acids is 2. The molecule has 0 bridgehead atoms. The highest BCUT2D eigenvalue weighted by molar-refractivity contribution is 6.37. The van der Waals surface area contributed by atoms with Gasteiger partial charge in [0.1, 0.15) is 5.70 Å². The summed E-state index contributed by atoms with van der Waals surface area (Å²) < 4.78 is 0. The minimum Gasteiger partial charge on any atom is -0.337 e. The molecule has 4 nitrogen and oxygen atoms in total. The van der Waals surface area contributed by atoms with Gasteiger partial charge < -0.3 is 4.90 Å². The second-order valence-corrected chi connectivity index (χ2v) is 7.22. The van der Waals surface area contributed by atoms with E-state index in [-0.39, 0.29) is 11.8 Å². The second kappa shape index (κ2) is 9.07. The van der Waals surface area contributed by atoms with Gasteiger partial charge >= 0.3 is 0 Å². The summed E-state index contributed by atoms with van der Waals surface area (Å²) in [5.74, 6) is -0.454. The van der Waals surface area contributed by atoms with Crippen LogP contribution in [-0.4, -0.2) is 29.8 Å². The van der Waals surface area contributed by atoms with Crippen molar-refractivity contribution in [3.63, 3.8) is 0 Å². The van der Waals surface area contributed by atoms with Crippen molar-refractivity contribution >= 4 is 34.7 Å². The topological polar surface area (TPSA) is 40.6 Å². The smallest absolute Gasteiger partial charge is 0.278 e. The fraction of sp³-hybridized carbons (Fsp3) is 0.304. The van der Waals surface area contributed by atoms with Gasteiger partial charge in [-0.05, 0) is 43.2 Å². The monoisotopic (exact) mass is 396 g/mol. The molecule has 5 heteroatoms. The zero-order valence-electron chi connectivity index (χ0n) is 16.3. The molecule has 2 aromatic rings. The Labute approximate surface area is 171 Å². The summed E-state index contributed by atoms with van der Waals surface area (Å²) in [6.45, 7) is 5.11. The molecule has 1 aliphatic heterocycles. The number of carbonyl (C=O) groups is 2. The van der Waals surface area contributed by atoms with Crippen molar-refractivity contribution in [2.24, 2.45) is 0 Å². The van der Waals surface area contributed by atoms with E-state index in [1.807, 2.05) is 42.2 Å². The molecule has 0 fully saturated rings. The summed E-state index contributed by atoms with van der Waals surface area (Å²) in [4.78, 5) is 29.9. The minimum atomic E-state index is -0.229. The Morgan fingerprint density at radius 2 is 1.57 bits per heavy atom. The third kappa shape index (κ3) is 3.97. The molecule has 2 aromatic carbocycles. The van der Waals surface area contributed by atoms with E-state index in [1.165, 1.54) is 4.90 Å². The van der Waals surface area contributed by atoms with E-state index in [2.05, 4.69) is 6.92 Å². The van der Waals surface area contributed by atoms with Crippen LogP contribution in [0.3, 0.4) is 0 Å². The summed E-state index contributed by atoms with van der Waals surface area (Å²) in [5.41, 5.74) is 2.49. The molecule has 0 aliphatic carbocycles. The van der Waals surface area contributed by atoms with E-state index in [4.69, 9.17) is 11.6 Å². The lowest BCUT2D eigenvalue weighted by Crippen LogP contribution is -2.36. The number of unbranched alkanes of at least 4 members (excludes halogenated alkanes) is 2. The van der Waals surface area contributed by atoms with Crippen LogP contribution in [0.25, 0.3) is 5.57 Å². The average molecular weight is 397 g/mol. The number of anilines is 1. The molecule has 0 saturated carbocycles. The predicted molar refractivity (Wildman–Crippen MR) is 114 cm³/mol. The van der Waals surface area contributed by atoms with E-state index in [1.54, 1.807) is 24.3 Å². The van der Waals surface area contributed by atoms with Gasteiger partial charge in [0.05, 0.1) is 5.57 Å². The van der Waals surface area contributed by atoms with Crippen LogP contribution in [0.2, 0.25) is 5.02 Å². The Morgan fingerprint density at radius 3 is 2.18 bits per heavy atom. The summed E-state index contributed by atoms with van der Waals surface area (Å²) in [5, 5.41) is 0.595. The number of para-hydroxylation sites is 1. The molecule has 146 valence electrons. The summed E-state index contributed by atoms with van der Waals surface area (Å²) in [6, 6.07) is 16.8. The Morgan fingerprint density at radius 1 is 0.893 bits per heavy atom.